The van der Waals surface area contributed by atoms with Gasteiger partial charge in [0.15, 0.2) is 11.7 Å². The minimum absolute atomic E-state index is 0.111. The maximum atomic E-state index is 14.5. The smallest absolute Gasteiger partial charge is 0.305 e. The van der Waals surface area contributed by atoms with E-state index in [1.165, 1.54) is 13.8 Å². The van der Waals surface area contributed by atoms with E-state index < -0.39 is 42.7 Å². The first-order valence-corrected chi connectivity index (χ1v) is 10.3. The molecule has 4 atom stereocenters. The normalized spacial score (nSPS) is 24.8. The van der Waals surface area contributed by atoms with E-state index in [-0.39, 0.29) is 19.8 Å². The molecule has 2 aromatic carbocycles. The molecule has 1 fully saturated rings. The molecule has 8 heteroatoms. The molecule has 0 aromatic heterocycles. The number of carbonyl (C=O) groups is 2. The molecule has 0 unspecified atom stereocenters. The SMILES string of the molecule is CC(=O)O[C@H]1O[C@](CF)(COCc2ccccc2)[C@@H](OCc2ccccc2)[C@H]1OC(C)=O. The van der Waals surface area contributed by atoms with Crippen LogP contribution in [-0.2, 0) is 46.5 Å². The molecule has 0 amide bonds. The van der Waals surface area contributed by atoms with E-state index in [0.717, 1.165) is 11.1 Å². The zero-order valence-corrected chi connectivity index (χ0v) is 18.1. The number of hydrogen-bond acceptors (Lipinski definition) is 7. The summed E-state index contributed by atoms with van der Waals surface area (Å²) in [7, 11) is 0. The molecular weight excluding hydrogens is 419 g/mol. The quantitative estimate of drug-likeness (QED) is 0.518. The van der Waals surface area contributed by atoms with E-state index >= 15 is 0 Å². The number of rotatable bonds is 10. The zero-order chi connectivity index (χ0) is 23.0. The molecule has 1 aliphatic rings. The average Bonchev–Trinajstić information content (AvgIpc) is 3.05. The van der Waals surface area contributed by atoms with Gasteiger partial charge in [0.05, 0.1) is 19.8 Å². The molecule has 0 saturated carbocycles. The second kappa shape index (κ2) is 11.2. The highest BCUT2D eigenvalue weighted by molar-refractivity contribution is 5.67. The summed E-state index contributed by atoms with van der Waals surface area (Å²) in [5.74, 6) is -1.29. The monoisotopic (exact) mass is 446 g/mol. The molecule has 1 heterocycles. The molecule has 0 spiro atoms. The van der Waals surface area contributed by atoms with Crippen molar-refractivity contribution in [2.45, 2.75) is 51.2 Å². The van der Waals surface area contributed by atoms with Gasteiger partial charge >= 0.3 is 11.9 Å². The summed E-state index contributed by atoms with van der Waals surface area (Å²) in [6.45, 7) is 1.52. The van der Waals surface area contributed by atoms with Crippen molar-refractivity contribution in [3.8, 4) is 0 Å². The minimum atomic E-state index is -1.64. The molecule has 0 radical (unpaired) electrons. The summed E-state index contributed by atoms with van der Waals surface area (Å²) in [6.07, 6.45) is -3.55. The fraction of sp³-hybridized carbons (Fsp3) is 0.417. The van der Waals surface area contributed by atoms with E-state index in [0.29, 0.717) is 0 Å². The standard InChI is InChI=1S/C24H27FO7/c1-17(26)30-21-22(29-14-20-11-7-4-8-12-20)24(15-25,32-23(21)31-18(2)27)16-28-13-19-9-5-3-6-10-19/h3-12,21-23H,13-16H2,1-2H3/t21-,22+,23+,24-/m1/s1. The molecule has 3 rings (SSSR count). The van der Waals surface area contributed by atoms with Gasteiger partial charge in [-0.15, -0.1) is 0 Å². The van der Waals surface area contributed by atoms with Crippen LogP contribution >= 0.6 is 0 Å². The number of halogens is 1. The first kappa shape index (κ1) is 23.8. The van der Waals surface area contributed by atoms with Gasteiger partial charge in [0.25, 0.3) is 0 Å². The highest BCUT2D eigenvalue weighted by atomic mass is 19.1. The van der Waals surface area contributed by atoms with Gasteiger partial charge in [-0.3, -0.25) is 9.59 Å². The van der Waals surface area contributed by atoms with Crippen molar-refractivity contribution in [2.75, 3.05) is 13.3 Å². The number of hydrogen-bond donors (Lipinski definition) is 0. The lowest BCUT2D eigenvalue weighted by molar-refractivity contribution is -0.214. The van der Waals surface area contributed by atoms with Crippen molar-refractivity contribution >= 4 is 11.9 Å². The summed E-state index contributed by atoms with van der Waals surface area (Å²) >= 11 is 0. The van der Waals surface area contributed by atoms with Crippen LogP contribution in [0.15, 0.2) is 60.7 Å². The van der Waals surface area contributed by atoms with Crippen LogP contribution in [-0.4, -0.2) is 49.3 Å². The van der Waals surface area contributed by atoms with Crippen molar-refractivity contribution in [3.63, 3.8) is 0 Å². The van der Waals surface area contributed by atoms with Crippen molar-refractivity contribution in [1.29, 1.82) is 0 Å². The Labute approximate surface area is 186 Å². The second-order valence-corrected chi connectivity index (χ2v) is 7.56. The maximum absolute atomic E-state index is 14.5. The lowest BCUT2D eigenvalue weighted by Gasteiger charge is -2.32. The van der Waals surface area contributed by atoms with Crippen molar-refractivity contribution < 1.29 is 37.7 Å². The highest BCUT2D eigenvalue weighted by Crippen LogP contribution is 2.38. The van der Waals surface area contributed by atoms with Crippen LogP contribution in [0.3, 0.4) is 0 Å². The lowest BCUT2D eigenvalue weighted by atomic mass is 9.97. The average molecular weight is 446 g/mol. The molecule has 2 aromatic rings. The summed E-state index contributed by atoms with van der Waals surface area (Å²) in [5.41, 5.74) is 0.0985. The molecule has 0 aliphatic carbocycles. The number of esters is 2. The van der Waals surface area contributed by atoms with Crippen LogP contribution in [0, 0.1) is 0 Å². The van der Waals surface area contributed by atoms with E-state index in [2.05, 4.69) is 0 Å². The van der Waals surface area contributed by atoms with Gasteiger partial charge in [-0.1, -0.05) is 60.7 Å². The third kappa shape index (κ3) is 6.12. The molecular formula is C24H27FO7. The zero-order valence-electron chi connectivity index (χ0n) is 18.1. The van der Waals surface area contributed by atoms with Crippen LogP contribution in [0.4, 0.5) is 4.39 Å². The maximum Gasteiger partial charge on any atom is 0.305 e. The second-order valence-electron chi connectivity index (χ2n) is 7.56. The van der Waals surface area contributed by atoms with Gasteiger partial charge in [-0.2, -0.15) is 0 Å². The predicted molar refractivity (Wildman–Crippen MR) is 112 cm³/mol. The number of carbonyl (C=O) groups excluding carboxylic acids is 2. The van der Waals surface area contributed by atoms with Gasteiger partial charge in [-0.25, -0.2) is 4.39 Å². The van der Waals surface area contributed by atoms with Gasteiger partial charge in [-0.05, 0) is 11.1 Å². The van der Waals surface area contributed by atoms with Crippen molar-refractivity contribution in [2.24, 2.45) is 0 Å². The molecule has 7 nitrogen and oxygen atoms in total. The lowest BCUT2D eigenvalue weighted by Crippen LogP contribution is -2.51. The van der Waals surface area contributed by atoms with Gasteiger partial charge in [0.2, 0.25) is 6.29 Å². The van der Waals surface area contributed by atoms with Crippen LogP contribution in [0.2, 0.25) is 0 Å². The van der Waals surface area contributed by atoms with E-state index in [4.69, 9.17) is 23.7 Å². The molecule has 0 N–H and O–H groups in total. The molecule has 0 bridgehead atoms. The van der Waals surface area contributed by atoms with Crippen LogP contribution in [0.5, 0.6) is 0 Å². The first-order valence-electron chi connectivity index (χ1n) is 10.3. The summed E-state index contributed by atoms with van der Waals surface area (Å²) in [6, 6.07) is 18.6. The van der Waals surface area contributed by atoms with Crippen molar-refractivity contribution in [1.82, 2.24) is 0 Å². The Morgan fingerprint density at radius 1 is 0.906 bits per heavy atom. The first-order chi connectivity index (χ1) is 15.4. The Bertz CT molecular complexity index is 876. The fourth-order valence-corrected chi connectivity index (χ4v) is 3.56. The largest absolute Gasteiger partial charge is 0.453 e. The van der Waals surface area contributed by atoms with Gasteiger partial charge in [0.1, 0.15) is 12.8 Å². The van der Waals surface area contributed by atoms with E-state index in [1.54, 1.807) is 0 Å². The molecule has 32 heavy (non-hydrogen) atoms. The van der Waals surface area contributed by atoms with Crippen molar-refractivity contribution in [3.05, 3.63) is 71.8 Å². The van der Waals surface area contributed by atoms with Crippen LogP contribution < -0.4 is 0 Å². The minimum Gasteiger partial charge on any atom is -0.453 e. The molecule has 1 aliphatic heterocycles. The highest BCUT2D eigenvalue weighted by Gasteiger charge is 2.60. The van der Waals surface area contributed by atoms with Gasteiger partial charge in [0, 0.05) is 13.8 Å². The summed E-state index contributed by atoms with van der Waals surface area (Å²) in [4.78, 5) is 23.4. The Balaban J connectivity index is 1.82. The Morgan fingerprint density at radius 2 is 1.47 bits per heavy atom. The summed E-state index contributed by atoms with van der Waals surface area (Å²) in [5, 5.41) is 0. The third-order valence-electron chi connectivity index (χ3n) is 4.98. The Kier molecular flexibility index (Phi) is 8.33. The number of benzene rings is 2. The number of ether oxygens (including phenoxy) is 5. The Hall–Kier alpha value is -2.81. The molecule has 172 valence electrons. The van der Waals surface area contributed by atoms with Gasteiger partial charge < -0.3 is 23.7 Å². The van der Waals surface area contributed by atoms with Crippen LogP contribution in [0.1, 0.15) is 25.0 Å². The third-order valence-corrected chi connectivity index (χ3v) is 4.98. The van der Waals surface area contributed by atoms with E-state index in [1.807, 2.05) is 60.7 Å². The summed E-state index contributed by atoms with van der Waals surface area (Å²) < 4.78 is 42.6. The molecule has 1 saturated heterocycles. The number of alkyl halides is 1. The predicted octanol–water partition coefficient (Wildman–Crippen LogP) is 3.35. The fourth-order valence-electron chi connectivity index (χ4n) is 3.56. The topological polar surface area (TPSA) is 80.3 Å². The van der Waals surface area contributed by atoms with Crippen LogP contribution in [0.25, 0.3) is 0 Å². The van der Waals surface area contributed by atoms with E-state index in [9.17, 15) is 14.0 Å². The Morgan fingerprint density at radius 3 is 2.00 bits per heavy atom.